The van der Waals surface area contributed by atoms with Crippen LogP contribution in [-0.4, -0.2) is 0 Å². The molecular weight excluding hydrogens is 324 g/mol. The van der Waals surface area contributed by atoms with Crippen molar-refractivity contribution >= 4 is 15.9 Å². The molecule has 0 aromatic heterocycles. The summed E-state index contributed by atoms with van der Waals surface area (Å²) in [7, 11) is 0. The minimum Gasteiger partial charge on any atom is -0.303 e. The van der Waals surface area contributed by atoms with Crippen molar-refractivity contribution in [3.05, 3.63) is 69.7 Å². The van der Waals surface area contributed by atoms with Crippen LogP contribution in [0.5, 0.6) is 0 Å². The maximum Gasteiger partial charge on any atom is 0.128 e. The van der Waals surface area contributed by atoms with E-state index in [1.54, 1.807) is 30.3 Å². The number of hydrogen-bond acceptors (Lipinski definition) is 1. The number of benzene rings is 2. The van der Waals surface area contributed by atoms with Gasteiger partial charge in [0.05, 0.1) is 0 Å². The van der Waals surface area contributed by atoms with Crippen molar-refractivity contribution in [1.29, 1.82) is 0 Å². The lowest BCUT2D eigenvalue weighted by molar-refractivity contribution is 0.459. The van der Waals surface area contributed by atoms with Crippen LogP contribution in [0.2, 0.25) is 0 Å². The lowest BCUT2D eigenvalue weighted by atomic mass is 10.0. The van der Waals surface area contributed by atoms with Crippen LogP contribution in [0.4, 0.5) is 8.78 Å². The second-order valence-electron chi connectivity index (χ2n) is 4.80. The SMILES string of the molecule is CC(N[C@H](C)c1ccccc1F)c1cc(Br)ccc1F. The van der Waals surface area contributed by atoms with Crippen molar-refractivity contribution in [2.24, 2.45) is 0 Å². The molecule has 1 nitrogen and oxygen atoms in total. The molecule has 0 aliphatic rings. The van der Waals surface area contributed by atoms with Crippen LogP contribution in [-0.2, 0) is 0 Å². The first-order valence-corrected chi connectivity index (χ1v) is 7.23. The largest absolute Gasteiger partial charge is 0.303 e. The Labute approximate surface area is 126 Å². The van der Waals surface area contributed by atoms with Crippen molar-refractivity contribution in [2.45, 2.75) is 25.9 Å². The second-order valence-corrected chi connectivity index (χ2v) is 5.71. The third-order valence-corrected chi connectivity index (χ3v) is 3.79. The van der Waals surface area contributed by atoms with Gasteiger partial charge in [-0.15, -0.1) is 0 Å². The van der Waals surface area contributed by atoms with Crippen LogP contribution in [0.3, 0.4) is 0 Å². The Hall–Kier alpha value is -1.26. The molecule has 0 saturated carbocycles. The summed E-state index contributed by atoms with van der Waals surface area (Å²) in [6, 6.07) is 11.0. The molecule has 1 N–H and O–H groups in total. The molecule has 2 rings (SSSR count). The third-order valence-electron chi connectivity index (χ3n) is 3.30. The van der Waals surface area contributed by atoms with Crippen LogP contribution in [0, 0.1) is 11.6 Å². The van der Waals surface area contributed by atoms with Gasteiger partial charge in [-0.25, -0.2) is 8.78 Å². The number of rotatable bonds is 4. The van der Waals surface area contributed by atoms with Gasteiger partial charge in [-0.05, 0) is 38.1 Å². The van der Waals surface area contributed by atoms with E-state index in [9.17, 15) is 8.78 Å². The van der Waals surface area contributed by atoms with Gasteiger partial charge in [0, 0.05) is 27.7 Å². The molecular formula is C16H16BrF2N. The molecule has 0 radical (unpaired) electrons. The van der Waals surface area contributed by atoms with Gasteiger partial charge < -0.3 is 5.32 Å². The molecule has 2 aromatic rings. The first-order chi connectivity index (χ1) is 9.49. The van der Waals surface area contributed by atoms with Crippen LogP contribution in [0.25, 0.3) is 0 Å². The zero-order valence-electron chi connectivity index (χ0n) is 11.3. The fourth-order valence-corrected chi connectivity index (χ4v) is 2.61. The molecule has 0 spiro atoms. The minimum atomic E-state index is -0.270. The standard InChI is InChI=1S/C16H16BrF2N/c1-10(13-5-3-4-6-15(13)18)20-11(2)14-9-12(17)7-8-16(14)19/h3-11,20H,1-2H3/t10-,11?/m1/s1. The van der Waals surface area contributed by atoms with E-state index in [0.29, 0.717) is 11.1 Å². The number of hydrogen-bond donors (Lipinski definition) is 1. The van der Waals surface area contributed by atoms with Crippen LogP contribution in [0.15, 0.2) is 46.9 Å². The van der Waals surface area contributed by atoms with E-state index in [4.69, 9.17) is 0 Å². The van der Waals surface area contributed by atoms with Gasteiger partial charge in [-0.3, -0.25) is 0 Å². The fraction of sp³-hybridized carbons (Fsp3) is 0.250. The highest BCUT2D eigenvalue weighted by molar-refractivity contribution is 9.10. The van der Waals surface area contributed by atoms with Crippen molar-refractivity contribution in [1.82, 2.24) is 5.32 Å². The summed E-state index contributed by atoms with van der Waals surface area (Å²) in [5, 5.41) is 3.22. The molecule has 0 bridgehead atoms. The molecule has 2 atom stereocenters. The molecule has 0 heterocycles. The highest BCUT2D eigenvalue weighted by Crippen LogP contribution is 2.25. The quantitative estimate of drug-likeness (QED) is 0.813. The van der Waals surface area contributed by atoms with Crippen molar-refractivity contribution in [2.75, 3.05) is 0 Å². The summed E-state index contributed by atoms with van der Waals surface area (Å²) in [4.78, 5) is 0. The normalized spacial score (nSPS) is 14.1. The Kier molecular flexibility index (Phi) is 4.89. The van der Waals surface area contributed by atoms with E-state index < -0.39 is 0 Å². The summed E-state index contributed by atoms with van der Waals surface area (Å²) in [6.45, 7) is 3.73. The lowest BCUT2D eigenvalue weighted by Crippen LogP contribution is -2.24. The van der Waals surface area contributed by atoms with E-state index in [1.807, 2.05) is 13.8 Å². The summed E-state index contributed by atoms with van der Waals surface area (Å²) in [5.74, 6) is -0.525. The van der Waals surface area contributed by atoms with Gasteiger partial charge in [0.25, 0.3) is 0 Å². The Bertz CT molecular complexity index is 601. The number of nitrogens with one attached hydrogen (secondary N) is 1. The smallest absolute Gasteiger partial charge is 0.128 e. The van der Waals surface area contributed by atoms with Crippen molar-refractivity contribution in [3.63, 3.8) is 0 Å². The highest BCUT2D eigenvalue weighted by atomic mass is 79.9. The molecule has 4 heteroatoms. The van der Waals surface area contributed by atoms with E-state index in [-0.39, 0.29) is 23.7 Å². The Morgan fingerprint density at radius 2 is 1.50 bits per heavy atom. The molecule has 0 aliphatic carbocycles. The maximum atomic E-state index is 13.8. The molecule has 2 aromatic carbocycles. The topological polar surface area (TPSA) is 12.0 Å². The lowest BCUT2D eigenvalue weighted by Gasteiger charge is -2.21. The minimum absolute atomic E-state index is 0.204. The molecule has 0 fully saturated rings. The molecule has 106 valence electrons. The summed E-state index contributed by atoms with van der Waals surface area (Å²) in [5.41, 5.74) is 1.14. The first kappa shape index (κ1) is 15.1. The second kappa shape index (κ2) is 6.46. The predicted octanol–water partition coefficient (Wildman–Crippen LogP) is 5.14. The molecule has 20 heavy (non-hydrogen) atoms. The Balaban J connectivity index is 2.17. The number of halogens is 3. The van der Waals surface area contributed by atoms with Crippen LogP contribution < -0.4 is 5.32 Å². The predicted molar refractivity (Wildman–Crippen MR) is 80.5 cm³/mol. The van der Waals surface area contributed by atoms with Crippen LogP contribution >= 0.6 is 15.9 Å². The van der Waals surface area contributed by atoms with Crippen LogP contribution in [0.1, 0.15) is 37.1 Å². The van der Waals surface area contributed by atoms with Gasteiger partial charge in [0.15, 0.2) is 0 Å². The van der Waals surface area contributed by atoms with Gasteiger partial charge in [0.2, 0.25) is 0 Å². The molecule has 0 saturated heterocycles. The molecule has 1 unspecified atom stereocenters. The van der Waals surface area contributed by atoms with Gasteiger partial charge in [0.1, 0.15) is 11.6 Å². The zero-order chi connectivity index (χ0) is 14.7. The summed E-state index contributed by atoms with van der Waals surface area (Å²) < 4.78 is 28.4. The van der Waals surface area contributed by atoms with E-state index in [0.717, 1.165) is 4.47 Å². The van der Waals surface area contributed by atoms with E-state index >= 15 is 0 Å². The highest BCUT2D eigenvalue weighted by Gasteiger charge is 2.16. The first-order valence-electron chi connectivity index (χ1n) is 6.44. The zero-order valence-corrected chi connectivity index (χ0v) is 12.9. The van der Waals surface area contributed by atoms with Crippen molar-refractivity contribution in [3.8, 4) is 0 Å². The average molecular weight is 340 g/mol. The summed E-state index contributed by atoms with van der Waals surface area (Å²) in [6.07, 6.45) is 0. The van der Waals surface area contributed by atoms with E-state index in [1.165, 1.54) is 12.1 Å². The average Bonchev–Trinajstić information content (AvgIpc) is 2.41. The maximum absolute atomic E-state index is 13.8. The van der Waals surface area contributed by atoms with E-state index in [2.05, 4.69) is 21.2 Å². The van der Waals surface area contributed by atoms with Gasteiger partial charge >= 0.3 is 0 Å². The monoisotopic (exact) mass is 339 g/mol. The fourth-order valence-electron chi connectivity index (χ4n) is 2.23. The summed E-state index contributed by atoms with van der Waals surface area (Å²) >= 11 is 3.33. The van der Waals surface area contributed by atoms with Gasteiger partial charge in [-0.1, -0.05) is 34.1 Å². The molecule has 0 aliphatic heterocycles. The third kappa shape index (κ3) is 3.44. The van der Waals surface area contributed by atoms with Gasteiger partial charge in [-0.2, -0.15) is 0 Å². The van der Waals surface area contributed by atoms with Crippen molar-refractivity contribution < 1.29 is 8.78 Å². The Morgan fingerprint density at radius 1 is 0.900 bits per heavy atom. The molecule has 0 amide bonds. The Morgan fingerprint density at radius 3 is 2.20 bits per heavy atom.